The molecular formula is C15H23ClN2O. The highest BCUT2D eigenvalue weighted by molar-refractivity contribution is 5.94. The van der Waals surface area contributed by atoms with Crippen LogP contribution in [-0.2, 0) is 4.79 Å². The van der Waals surface area contributed by atoms with Crippen molar-refractivity contribution in [3.63, 3.8) is 0 Å². The molecule has 1 unspecified atom stereocenters. The van der Waals surface area contributed by atoms with Crippen molar-refractivity contribution in [2.24, 2.45) is 5.92 Å². The van der Waals surface area contributed by atoms with E-state index in [-0.39, 0.29) is 24.2 Å². The second-order valence-electron chi connectivity index (χ2n) is 5.37. The summed E-state index contributed by atoms with van der Waals surface area (Å²) < 4.78 is 0. The van der Waals surface area contributed by atoms with Gasteiger partial charge in [-0.1, -0.05) is 32.0 Å². The van der Waals surface area contributed by atoms with E-state index < -0.39 is 0 Å². The van der Waals surface area contributed by atoms with Crippen LogP contribution in [-0.4, -0.2) is 19.0 Å². The summed E-state index contributed by atoms with van der Waals surface area (Å²) in [5, 5.41) is 6.35. The van der Waals surface area contributed by atoms with Crippen LogP contribution in [0, 0.1) is 12.8 Å². The Balaban J connectivity index is 0.00000180. The highest BCUT2D eigenvalue weighted by atomic mass is 35.5. The van der Waals surface area contributed by atoms with Crippen molar-refractivity contribution < 1.29 is 4.79 Å². The molecule has 1 aromatic carbocycles. The quantitative estimate of drug-likeness (QED) is 0.894. The van der Waals surface area contributed by atoms with Crippen LogP contribution >= 0.6 is 12.4 Å². The van der Waals surface area contributed by atoms with Crippen molar-refractivity contribution in [1.29, 1.82) is 0 Å². The molecule has 19 heavy (non-hydrogen) atoms. The lowest BCUT2D eigenvalue weighted by Crippen LogP contribution is -2.25. The van der Waals surface area contributed by atoms with E-state index in [0.717, 1.165) is 30.8 Å². The van der Waals surface area contributed by atoms with Gasteiger partial charge in [0.15, 0.2) is 0 Å². The lowest BCUT2D eigenvalue weighted by Gasteiger charge is -2.18. The third-order valence-corrected chi connectivity index (χ3v) is 3.61. The van der Waals surface area contributed by atoms with E-state index in [1.54, 1.807) is 0 Å². The normalized spacial score (nSPS) is 18.2. The van der Waals surface area contributed by atoms with Gasteiger partial charge in [0.2, 0.25) is 5.91 Å². The number of halogens is 1. The Morgan fingerprint density at radius 3 is 2.74 bits per heavy atom. The molecule has 0 bridgehead atoms. The summed E-state index contributed by atoms with van der Waals surface area (Å²) in [7, 11) is 0. The zero-order chi connectivity index (χ0) is 13.1. The number of carbonyl (C=O) groups excluding carboxylic acids is 1. The van der Waals surface area contributed by atoms with Crippen LogP contribution in [0.4, 0.5) is 5.69 Å². The first-order valence-corrected chi connectivity index (χ1v) is 6.70. The Bertz CT molecular complexity index is 440. The van der Waals surface area contributed by atoms with Gasteiger partial charge in [-0.2, -0.15) is 0 Å². The third-order valence-electron chi connectivity index (χ3n) is 3.61. The molecule has 3 nitrogen and oxygen atoms in total. The van der Waals surface area contributed by atoms with Crippen LogP contribution in [0.25, 0.3) is 0 Å². The fourth-order valence-electron chi connectivity index (χ4n) is 2.45. The molecule has 0 aromatic heterocycles. The Kier molecular flexibility index (Phi) is 5.83. The average molecular weight is 283 g/mol. The van der Waals surface area contributed by atoms with Crippen LogP contribution in [0.1, 0.15) is 37.3 Å². The van der Waals surface area contributed by atoms with Crippen molar-refractivity contribution >= 4 is 24.0 Å². The van der Waals surface area contributed by atoms with Gasteiger partial charge >= 0.3 is 0 Å². The second-order valence-corrected chi connectivity index (χ2v) is 5.37. The number of hydrogen-bond donors (Lipinski definition) is 2. The highest BCUT2D eigenvalue weighted by Gasteiger charge is 2.23. The number of anilines is 1. The van der Waals surface area contributed by atoms with Crippen molar-refractivity contribution in [2.45, 2.75) is 33.1 Å². The van der Waals surface area contributed by atoms with Gasteiger partial charge in [-0.05, 0) is 36.9 Å². The van der Waals surface area contributed by atoms with E-state index in [2.05, 4.69) is 36.6 Å². The molecule has 1 amide bonds. The Hall–Kier alpha value is -1.06. The minimum Gasteiger partial charge on any atom is -0.325 e. The Morgan fingerprint density at radius 1 is 1.42 bits per heavy atom. The van der Waals surface area contributed by atoms with Crippen LogP contribution in [0.3, 0.4) is 0 Å². The summed E-state index contributed by atoms with van der Waals surface area (Å²) in [5.74, 6) is 0.683. The topological polar surface area (TPSA) is 41.1 Å². The summed E-state index contributed by atoms with van der Waals surface area (Å²) in [6.45, 7) is 8.11. The largest absolute Gasteiger partial charge is 0.325 e. The first-order chi connectivity index (χ1) is 8.59. The first kappa shape index (κ1) is 16.0. The molecule has 2 rings (SSSR count). The van der Waals surface area contributed by atoms with E-state index in [0.29, 0.717) is 5.92 Å². The van der Waals surface area contributed by atoms with Gasteiger partial charge in [0, 0.05) is 12.2 Å². The molecule has 4 heteroatoms. The summed E-state index contributed by atoms with van der Waals surface area (Å²) in [5.41, 5.74) is 3.36. The Labute approximate surface area is 121 Å². The molecule has 0 spiro atoms. The number of benzene rings is 1. The van der Waals surface area contributed by atoms with Gasteiger partial charge in [0.05, 0.1) is 5.92 Å². The maximum atomic E-state index is 12.2. The molecule has 1 aliphatic rings. The molecule has 0 saturated carbocycles. The smallest absolute Gasteiger partial charge is 0.228 e. The van der Waals surface area contributed by atoms with E-state index in [9.17, 15) is 4.79 Å². The number of hydrogen-bond acceptors (Lipinski definition) is 2. The zero-order valence-electron chi connectivity index (χ0n) is 11.8. The highest BCUT2D eigenvalue weighted by Crippen LogP contribution is 2.28. The number of rotatable bonds is 3. The lowest BCUT2D eigenvalue weighted by molar-refractivity contribution is -0.119. The van der Waals surface area contributed by atoms with Crippen LogP contribution < -0.4 is 10.6 Å². The number of aryl methyl sites for hydroxylation is 1. The summed E-state index contributed by atoms with van der Waals surface area (Å²) in [4.78, 5) is 12.2. The molecule has 0 radical (unpaired) electrons. The van der Waals surface area contributed by atoms with Crippen molar-refractivity contribution in [1.82, 2.24) is 5.32 Å². The number of nitrogens with one attached hydrogen (secondary N) is 2. The second kappa shape index (κ2) is 6.92. The van der Waals surface area contributed by atoms with Gasteiger partial charge in [0.25, 0.3) is 0 Å². The van der Waals surface area contributed by atoms with E-state index in [1.165, 1.54) is 5.56 Å². The Morgan fingerprint density at radius 2 is 2.16 bits per heavy atom. The van der Waals surface area contributed by atoms with Crippen molar-refractivity contribution in [2.75, 3.05) is 18.4 Å². The van der Waals surface area contributed by atoms with Crippen molar-refractivity contribution in [3.05, 3.63) is 29.3 Å². The minimum absolute atomic E-state index is 0. The summed E-state index contributed by atoms with van der Waals surface area (Å²) >= 11 is 0. The van der Waals surface area contributed by atoms with Gasteiger partial charge in [-0.15, -0.1) is 12.4 Å². The monoisotopic (exact) mass is 282 g/mol. The maximum Gasteiger partial charge on any atom is 0.228 e. The van der Waals surface area contributed by atoms with Gasteiger partial charge in [-0.25, -0.2) is 0 Å². The molecule has 2 N–H and O–H groups in total. The predicted molar refractivity (Wildman–Crippen MR) is 82.1 cm³/mol. The van der Waals surface area contributed by atoms with E-state index in [4.69, 9.17) is 0 Å². The molecule has 0 aliphatic carbocycles. The SMILES string of the molecule is Cc1cccc(C(C)C)c1NC(=O)C1CCNC1.Cl. The fraction of sp³-hybridized carbons (Fsp3) is 0.533. The summed E-state index contributed by atoms with van der Waals surface area (Å²) in [6, 6.07) is 6.20. The third kappa shape index (κ3) is 3.71. The first-order valence-electron chi connectivity index (χ1n) is 6.70. The van der Waals surface area contributed by atoms with Crippen molar-refractivity contribution in [3.8, 4) is 0 Å². The molecule has 106 valence electrons. The summed E-state index contributed by atoms with van der Waals surface area (Å²) in [6.07, 6.45) is 0.939. The lowest BCUT2D eigenvalue weighted by atomic mass is 9.97. The average Bonchev–Trinajstić information content (AvgIpc) is 2.85. The molecule has 1 heterocycles. The van der Waals surface area contributed by atoms with Gasteiger partial charge in [0.1, 0.15) is 0 Å². The molecule has 1 saturated heterocycles. The zero-order valence-corrected chi connectivity index (χ0v) is 12.6. The number of para-hydroxylation sites is 1. The predicted octanol–water partition coefficient (Wildman–Crippen LogP) is 3.09. The number of carbonyl (C=O) groups is 1. The number of amides is 1. The molecule has 1 atom stereocenters. The van der Waals surface area contributed by atoms with Crippen LogP contribution in [0.15, 0.2) is 18.2 Å². The van der Waals surface area contributed by atoms with E-state index in [1.807, 2.05) is 13.0 Å². The fourth-order valence-corrected chi connectivity index (χ4v) is 2.45. The minimum atomic E-state index is 0. The molecule has 1 aliphatic heterocycles. The van der Waals surface area contributed by atoms with Gasteiger partial charge < -0.3 is 10.6 Å². The van der Waals surface area contributed by atoms with E-state index >= 15 is 0 Å². The van der Waals surface area contributed by atoms with Crippen LogP contribution in [0.2, 0.25) is 0 Å². The van der Waals surface area contributed by atoms with Gasteiger partial charge in [-0.3, -0.25) is 4.79 Å². The van der Waals surface area contributed by atoms with Crippen LogP contribution in [0.5, 0.6) is 0 Å². The maximum absolute atomic E-state index is 12.2. The standard InChI is InChI=1S/C15H22N2O.ClH/c1-10(2)13-6-4-5-11(3)14(13)17-15(18)12-7-8-16-9-12;/h4-6,10,12,16H,7-9H2,1-3H3,(H,17,18);1H. The molecule has 1 fully saturated rings. The molecule has 1 aromatic rings. The molecular weight excluding hydrogens is 260 g/mol.